The molecule has 0 aromatic rings. The van der Waals surface area contributed by atoms with E-state index in [2.05, 4.69) is 4.99 Å². The normalized spacial score (nSPS) is 29.6. The lowest BCUT2D eigenvalue weighted by Crippen LogP contribution is -2.39. The molecule has 5 nitrogen and oxygen atoms in total. The highest BCUT2D eigenvalue weighted by Crippen LogP contribution is 2.38. The zero-order chi connectivity index (χ0) is 14.5. The van der Waals surface area contributed by atoms with Gasteiger partial charge in [-0.05, 0) is 56.3 Å². The molecule has 5 heteroatoms. The first-order chi connectivity index (χ1) is 9.58. The van der Waals surface area contributed by atoms with E-state index < -0.39 is 5.97 Å². The van der Waals surface area contributed by atoms with Gasteiger partial charge in [0.1, 0.15) is 0 Å². The van der Waals surface area contributed by atoms with Crippen molar-refractivity contribution in [3.8, 4) is 0 Å². The summed E-state index contributed by atoms with van der Waals surface area (Å²) in [5, 5.41) is 10.9. The van der Waals surface area contributed by atoms with E-state index >= 15 is 0 Å². The largest absolute Gasteiger partial charge is 0.550 e. The van der Waals surface area contributed by atoms with Crippen molar-refractivity contribution in [1.29, 1.82) is 0 Å². The second-order valence-electron chi connectivity index (χ2n) is 6.37. The number of hydrogen-bond donors (Lipinski definition) is 2. The molecule has 2 aliphatic carbocycles. The summed E-state index contributed by atoms with van der Waals surface area (Å²) in [6.07, 6.45) is 9.43. The lowest BCUT2D eigenvalue weighted by Gasteiger charge is -2.37. The summed E-state index contributed by atoms with van der Waals surface area (Å²) in [4.78, 5) is 15.4. The van der Waals surface area contributed by atoms with E-state index in [0.29, 0.717) is 24.7 Å². The molecule has 0 bridgehead atoms. The molecule has 2 saturated carbocycles. The van der Waals surface area contributed by atoms with Crippen LogP contribution in [0.1, 0.15) is 57.8 Å². The molecule has 1 unspecified atom stereocenters. The number of guanidine groups is 1. The second-order valence-corrected chi connectivity index (χ2v) is 6.37. The number of rotatable bonds is 4. The van der Waals surface area contributed by atoms with Crippen LogP contribution in [0.3, 0.4) is 0 Å². The smallest absolute Gasteiger partial charge is 0.186 e. The molecule has 2 aliphatic rings. The van der Waals surface area contributed by atoms with Gasteiger partial charge in [-0.3, -0.25) is 0 Å². The first-order valence-corrected chi connectivity index (χ1v) is 7.87. The van der Waals surface area contributed by atoms with E-state index in [1.165, 1.54) is 32.1 Å². The minimum Gasteiger partial charge on any atom is -0.550 e. The van der Waals surface area contributed by atoms with Gasteiger partial charge < -0.3 is 21.4 Å². The summed E-state index contributed by atoms with van der Waals surface area (Å²) in [5.74, 6) is -0.0225. The maximum atomic E-state index is 10.9. The second kappa shape index (κ2) is 6.95. The topological polar surface area (TPSA) is 105 Å². The average molecular weight is 280 g/mol. The Kier molecular flexibility index (Phi) is 5.26. The molecule has 0 spiro atoms. The van der Waals surface area contributed by atoms with Crippen LogP contribution in [0.4, 0.5) is 0 Å². The number of nitrogens with two attached hydrogens (primary N) is 2. The molecule has 1 atom stereocenters. The van der Waals surface area contributed by atoms with Gasteiger partial charge in [-0.2, -0.15) is 0 Å². The van der Waals surface area contributed by atoms with Crippen LogP contribution in [0.15, 0.2) is 4.99 Å². The van der Waals surface area contributed by atoms with Gasteiger partial charge in [0, 0.05) is 5.97 Å². The Balaban J connectivity index is 2.00. The lowest BCUT2D eigenvalue weighted by molar-refractivity contribution is -0.312. The van der Waals surface area contributed by atoms with E-state index in [9.17, 15) is 9.90 Å². The van der Waals surface area contributed by atoms with E-state index in [1.807, 2.05) is 0 Å². The SMILES string of the molecule is NC(N)=NC(C1CCCCC1)C1CCC(C(=O)[O-])CC1. The fourth-order valence-corrected chi connectivity index (χ4v) is 3.94. The van der Waals surface area contributed by atoms with Crippen molar-refractivity contribution in [2.75, 3.05) is 0 Å². The number of aliphatic carboxylic acids is 1. The average Bonchev–Trinajstić information content (AvgIpc) is 2.45. The quantitative estimate of drug-likeness (QED) is 0.586. The summed E-state index contributed by atoms with van der Waals surface area (Å²) in [7, 11) is 0. The lowest BCUT2D eigenvalue weighted by atomic mass is 9.72. The third-order valence-electron chi connectivity index (χ3n) is 5.02. The van der Waals surface area contributed by atoms with Gasteiger partial charge in [-0.1, -0.05) is 19.3 Å². The van der Waals surface area contributed by atoms with Crippen molar-refractivity contribution >= 4 is 11.9 Å². The summed E-state index contributed by atoms with van der Waals surface area (Å²) >= 11 is 0. The van der Waals surface area contributed by atoms with Gasteiger partial charge in [0.2, 0.25) is 0 Å². The zero-order valence-corrected chi connectivity index (χ0v) is 12.1. The number of carbonyl (C=O) groups excluding carboxylic acids is 1. The number of carboxylic acids is 1. The molecule has 0 saturated heterocycles. The molecule has 0 aromatic carbocycles. The third-order valence-corrected chi connectivity index (χ3v) is 5.02. The van der Waals surface area contributed by atoms with Crippen LogP contribution in [-0.4, -0.2) is 18.0 Å². The summed E-state index contributed by atoms with van der Waals surface area (Å²) in [6.45, 7) is 0. The molecule has 2 fully saturated rings. The molecule has 114 valence electrons. The molecular weight excluding hydrogens is 254 g/mol. The Labute approximate surface area is 120 Å². The van der Waals surface area contributed by atoms with Crippen molar-refractivity contribution in [1.82, 2.24) is 0 Å². The third kappa shape index (κ3) is 3.87. The fourth-order valence-electron chi connectivity index (χ4n) is 3.94. The Bertz CT molecular complexity index is 352. The van der Waals surface area contributed by atoms with Gasteiger partial charge in [0.25, 0.3) is 0 Å². The first kappa shape index (κ1) is 15.1. The van der Waals surface area contributed by atoms with Gasteiger partial charge in [-0.15, -0.1) is 0 Å². The van der Waals surface area contributed by atoms with Crippen molar-refractivity contribution in [2.24, 2.45) is 34.2 Å². The summed E-state index contributed by atoms with van der Waals surface area (Å²) < 4.78 is 0. The van der Waals surface area contributed by atoms with Crippen molar-refractivity contribution in [3.05, 3.63) is 0 Å². The van der Waals surface area contributed by atoms with Crippen LogP contribution >= 0.6 is 0 Å². The summed E-state index contributed by atoms with van der Waals surface area (Å²) in [5.41, 5.74) is 11.2. The molecule has 0 aliphatic heterocycles. The van der Waals surface area contributed by atoms with Crippen LogP contribution in [0.5, 0.6) is 0 Å². The van der Waals surface area contributed by atoms with E-state index in [0.717, 1.165) is 12.8 Å². The molecule has 20 heavy (non-hydrogen) atoms. The Morgan fingerprint density at radius 3 is 2.00 bits per heavy atom. The highest BCUT2D eigenvalue weighted by Gasteiger charge is 2.33. The van der Waals surface area contributed by atoms with Crippen LogP contribution in [-0.2, 0) is 4.79 Å². The van der Waals surface area contributed by atoms with Gasteiger partial charge in [-0.25, -0.2) is 4.99 Å². The zero-order valence-electron chi connectivity index (χ0n) is 12.1. The predicted octanol–water partition coefficient (Wildman–Crippen LogP) is 0.765. The van der Waals surface area contributed by atoms with Gasteiger partial charge in [0.05, 0.1) is 6.04 Å². The minimum atomic E-state index is -0.903. The van der Waals surface area contributed by atoms with Crippen LogP contribution in [0.25, 0.3) is 0 Å². The van der Waals surface area contributed by atoms with Crippen LogP contribution in [0.2, 0.25) is 0 Å². The first-order valence-electron chi connectivity index (χ1n) is 7.87. The summed E-state index contributed by atoms with van der Waals surface area (Å²) in [6, 6.07) is 0.183. The maximum Gasteiger partial charge on any atom is 0.186 e. The van der Waals surface area contributed by atoms with Crippen molar-refractivity contribution < 1.29 is 9.90 Å². The molecule has 0 aromatic heterocycles. The van der Waals surface area contributed by atoms with Crippen molar-refractivity contribution in [2.45, 2.75) is 63.8 Å². The minimum absolute atomic E-state index is 0.169. The maximum absolute atomic E-state index is 10.9. The number of carboxylic acid groups (broad SMARTS) is 1. The Morgan fingerprint density at radius 2 is 1.50 bits per heavy atom. The monoisotopic (exact) mass is 280 g/mol. The van der Waals surface area contributed by atoms with Gasteiger partial charge >= 0.3 is 0 Å². The highest BCUT2D eigenvalue weighted by molar-refractivity contribution is 5.75. The standard InChI is InChI=1S/C15H27N3O2/c16-15(17)18-13(10-4-2-1-3-5-10)11-6-8-12(9-7-11)14(19)20/h10-13H,1-9H2,(H,19,20)(H4,16,17,18)/p-1. The molecule has 0 radical (unpaired) electrons. The van der Waals surface area contributed by atoms with Gasteiger partial charge in [0.15, 0.2) is 5.96 Å². The van der Waals surface area contributed by atoms with Crippen molar-refractivity contribution in [3.63, 3.8) is 0 Å². The number of carbonyl (C=O) groups is 1. The molecule has 4 N–H and O–H groups in total. The Morgan fingerprint density at radius 1 is 0.950 bits per heavy atom. The number of hydrogen-bond acceptors (Lipinski definition) is 3. The molecule has 2 rings (SSSR count). The van der Waals surface area contributed by atoms with E-state index in [-0.39, 0.29) is 17.9 Å². The molecule has 0 heterocycles. The van der Waals surface area contributed by atoms with E-state index in [1.54, 1.807) is 0 Å². The highest BCUT2D eigenvalue weighted by atomic mass is 16.4. The fraction of sp³-hybridized carbons (Fsp3) is 0.867. The van der Waals surface area contributed by atoms with Crippen LogP contribution in [0, 0.1) is 17.8 Å². The number of aliphatic imine (C=N–C) groups is 1. The predicted molar refractivity (Wildman–Crippen MR) is 76.6 cm³/mol. The van der Waals surface area contributed by atoms with E-state index in [4.69, 9.17) is 11.5 Å². The molecular formula is C15H26N3O2-. The molecule has 0 amide bonds. The number of nitrogens with zero attached hydrogens (tertiary/aromatic N) is 1. The Hall–Kier alpha value is -1.26. The van der Waals surface area contributed by atoms with Crippen LogP contribution < -0.4 is 16.6 Å².